The number of imidazole rings is 1. The molecule has 3 heterocycles. The number of H-pyrrole nitrogens is 1. The normalized spacial score (nSPS) is 20.1. The second kappa shape index (κ2) is 6.33. The molecule has 0 spiro atoms. The van der Waals surface area contributed by atoms with Crippen LogP contribution in [0.1, 0.15) is 28.6 Å². The highest BCUT2D eigenvalue weighted by Gasteiger charge is 2.40. The van der Waals surface area contributed by atoms with E-state index in [0.717, 1.165) is 16.7 Å². The van der Waals surface area contributed by atoms with E-state index in [4.69, 9.17) is 0 Å². The van der Waals surface area contributed by atoms with Gasteiger partial charge in [0.05, 0.1) is 6.04 Å². The molecule has 26 heavy (non-hydrogen) atoms. The van der Waals surface area contributed by atoms with Gasteiger partial charge in [-0.25, -0.2) is 4.98 Å². The number of likely N-dealkylation sites (tertiary alicyclic amines) is 1. The maximum atomic E-state index is 12.5. The first kappa shape index (κ1) is 16.4. The van der Waals surface area contributed by atoms with Crippen molar-refractivity contribution in [3.8, 4) is 0 Å². The molecule has 0 radical (unpaired) electrons. The third-order valence-electron chi connectivity index (χ3n) is 5.16. The van der Waals surface area contributed by atoms with Crippen LogP contribution in [0.3, 0.4) is 0 Å². The Morgan fingerprint density at radius 2 is 2.19 bits per heavy atom. The van der Waals surface area contributed by atoms with Gasteiger partial charge in [0.2, 0.25) is 5.91 Å². The number of rotatable bonds is 4. The van der Waals surface area contributed by atoms with Crippen molar-refractivity contribution in [2.75, 3.05) is 13.6 Å². The smallest absolute Gasteiger partial charge is 0.251 e. The van der Waals surface area contributed by atoms with Crippen LogP contribution in [-0.4, -0.2) is 44.8 Å². The van der Waals surface area contributed by atoms with Gasteiger partial charge >= 0.3 is 0 Å². The van der Waals surface area contributed by atoms with Crippen LogP contribution >= 0.6 is 0 Å². The molecule has 1 aliphatic rings. The third-order valence-corrected chi connectivity index (χ3v) is 5.16. The monoisotopic (exact) mass is 351 g/mol. The molecule has 0 bridgehead atoms. The second-order valence-corrected chi connectivity index (χ2v) is 6.80. The van der Waals surface area contributed by atoms with E-state index in [1.807, 2.05) is 42.2 Å². The van der Waals surface area contributed by atoms with Crippen molar-refractivity contribution >= 4 is 22.7 Å². The summed E-state index contributed by atoms with van der Waals surface area (Å²) in [6.07, 6.45) is 5.86. The predicted molar refractivity (Wildman–Crippen MR) is 97.5 cm³/mol. The van der Waals surface area contributed by atoms with Crippen LogP contribution < -0.4 is 5.32 Å². The quantitative estimate of drug-likeness (QED) is 0.752. The summed E-state index contributed by atoms with van der Waals surface area (Å²) < 4.78 is 1.93. The minimum atomic E-state index is -0.131. The number of nitrogens with one attached hydrogen (secondary N) is 2. The molecule has 7 heteroatoms. The van der Waals surface area contributed by atoms with E-state index < -0.39 is 0 Å². The Labute approximate surface area is 151 Å². The Kier molecular flexibility index (Phi) is 3.99. The predicted octanol–water partition coefficient (Wildman–Crippen LogP) is 1.85. The third kappa shape index (κ3) is 2.75. The topological polar surface area (TPSA) is 83.0 Å². The minimum Gasteiger partial charge on any atom is -0.361 e. The largest absolute Gasteiger partial charge is 0.361 e. The first-order valence-electron chi connectivity index (χ1n) is 8.63. The van der Waals surface area contributed by atoms with E-state index in [0.29, 0.717) is 18.5 Å². The van der Waals surface area contributed by atoms with Crippen molar-refractivity contribution in [1.82, 2.24) is 24.8 Å². The molecule has 1 saturated heterocycles. The lowest BCUT2D eigenvalue weighted by Gasteiger charge is -2.24. The number of carbonyl (C=O) groups excluding carboxylic acids is 2. The van der Waals surface area contributed by atoms with Crippen molar-refractivity contribution in [1.29, 1.82) is 0 Å². The molecule has 0 saturated carbocycles. The average molecular weight is 351 g/mol. The van der Waals surface area contributed by atoms with E-state index in [1.165, 1.54) is 0 Å². The number of amides is 2. The molecule has 1 aliphatic heterocycles. The van der Waals surface area contributed by atoms with Gasteiger partial charge in [-0.1, -0.05) is 0 Å². The summed E-state index contributed by atoms with van der Waals surface area (Å²) in [6.45, 7) is 0.428. The highest BCUT2D eigenvalue weighted by Crippen LogP contribution is 2.35. The number of nitrogens with zero attached hydrogens (tertiary/aromatic N) is 3. The number of benzene rings is 1. The number of aryl methyl sites for hydroxylation is 1. The summed E-state index contributed by atoms with van der Waals surface area (Å²) in [5.41, 5.74) is 1.61. The molecule has 2 atom stereocenters. The molecule has 0 unspecified atom stereocenters. The van der Waals surface area contributed by atoms with Crippen LogP contribution in [0.15, 0.2) is 42.9 Å². The summed E-state index contributed by atoms with van der Waals surface area (Å²) in [4.78, 5) is 34.0. The molecule has 2 amide bonds. The zero-order chi connectivity index (χ0) is 18.3. The number of carbonyl (C=O) groups is 2. The van der Waals surface area contributed by atoms with Crippen molar-refractivity contribution in [3.63, 3.8) is 0 Å². The van der Waals surface area contributed by atoms with Gasteiger partial charge in [-0.15, -0.1) is 0 Å². The van der Waals surface area contributed by atoms with Gasteiger partial charge in [0.15, 0.2) is 0 Å². The molecular formula is C19H21N5O2. The van der Waals surface area contributed by atoms with Crippen LogP contribution in [0.4, 0.5) is 0 Å². The summed E-state index contributed by atoms with van der Waals surface area (Å²) in [5.74, 6) is 0.777. The average Bonchev–Trinajstić information content (AvgIpc) is 3.33. The van der Waals surface area contributed by atoms with Gasteiger partial charge in [0.25, 0.3) is 5.91 Å². The van der Waals surface area contributed by atoms with Crippen LogP contribution in [-0.2, 0) is 11.8 Å². The minimum absolute atomic E-state index is 0.00598. The Bertz CT molecular complexity index is 973. The van der Waals surface area contributed by atoms with E-state index in [1.54, 1.807) is 24.2 Å². The summed E-state index contributed by atoms with van der Waals surface area (Å²) in [7, 11) is 3.71. The van der Waals surface area contributed by atoms with E-state index in [9.17, 15) is 9.59 Å². The van der Waals surface area contributed by atoms with Crippen LogP contribution in [0, 0.1) is 5.92 Å². The number of fused-ring (bicyclic) bond motifs is 1. The van der Waals surface area contributed by atoms with Crippen molar-refractivity contribution in [2.24, 2.45) is 13.0 Å². The molecule has 7 nitrogen and oxygen atoms in total. The molecule has 1 fully saturated rings. The van der Waals surface area contributed by atoms with E-state index in [-0.39, 0.29) is 23.8 Å². The number of aromatic nitrogens is 3. The van der Waals surface area contributed by atoms with Gasteiger partial charge in [0.1, 0.15) is 5.82 Å². The van der Waals surface area contributed by atoms with Gasteiger partial charge < -0.3 is 19.8 Å². The number of aromatic amines is 1. The molecule has 2 N–H and O–H groups in total. The SMILES string of the molecule is CN1C(=O)C[C@@H](CNC(=O)c2ccc3[nH]ccc3c2)[C@@H]1c1nccn1C. The van der Waals surface area contributed by atoms with Gasteiger partial charge in [0, 0.05) is 68.0 Å². The standard InChI is InChI=1S/C19H21N5O2/c1-23-8-7-21-18(23)17-14(10-16(25)24(17)2)11-22-19(26)13-3-4-15-12(9-13)5-6-20-15/h3-9,14,17,20H,10-11H2,1-2H3,(H,22,26)/t14-,17+/m0/s1. The van der Waals surface area contributed by atoms with E-state index >= 15 is 0 Å². The highest BCUT2D eigenvalue weighted by molar-refractivity contribution is 5.98. The lowest BCUT2D eigenvalue weighted by molar-refractivity contribution is -0.127. The zero-order valence-electron chi connectivity index (χ0n) is 14.8. The fraction of sp³-hybridized carbons (Fsp3) is 0.316. The molecule has 2 aromatic heterocycles. The summed E-state index contributed by atoms with van der Waals surface area (Å²) in [5, 5.41) is 3.98. The zero-order valence-corrected chi connectivity index (χ0v) is 14.8. The summed E-state index contributed by atoms with van der Waals surface area (Å²) in [6, 6.07) is 7.37. The van der Waals surface area contributed by atoms with Crippen molar-refractivity contribution in [2.45, 2.75) is 12.5 Å². The Morgan fingerprint density at radius 3 is 2.96 bits per heavy atom. The number of hydrogen-bond donors (Lipinski definition) is 2. The van der Waals surface area contributed by atoms with Gasteiger partial charge in [-0.3, -0.25) is 9.59 Å². The molecule has 1 aromatic carbocycles. The molecule has 0 aliphatic carbocycles. The number of hydrogen-bond acceptors (Lipinski definition) is 3. The molecule has 134 valence electrons. The van der Waals surface area contributed by atoms with E-state index in [2.05, 4.69) is 15.3 Å². The molecule has 4 rings (SSSR count). The molecule has 3 aromatic rings. The maximum absolute atomic E-state index is 12.5. The van der Waals surface area contributed by atoms with Gasteiger partial charge in [-0.2, -0.15) is 0 Å². The lowest BCUT2D eigenvalue weighted by Crippen LogP contribution is -2.33. The van der Waals surface area contributed by atoms with Crippen molar-refractivity contribution < 1.29 is 9.59 Å². The maximum Gasteiger partial charge on any atom is 0.251 e. The molecular weight excluding hydrogens is 330 g/mol. The fourth-order valence-corrected chi connectivity index (χ4v) is 3.70. The lowest BCUT2D eigenvalue weighted by atomic mass is 9.99. The van der Waals surface area contributed by atoms with Crippen LogP contribution in [0.2, 0.25) is 0 Å². The Morgan fingerprint density at radius 1 is 1.35 bits per heavy atom. The van der Waals surface area contributed by atoms with Crippen molar-refractivity contribution in [3.05, 3.63) is 54.2 Å². The Balaban J connectivity index is 1.49. The van der Waals surface area contributed by atoms with Gasteiger partial charge in [-0.05, 0) is 24.3 Å². The second-order valence-electron chi connectivity index (χ2n) is 6.80. The summed E-state index contributed by atoms with van der Waals surface area (Å²) >= 11 is 0. The first-order chi connectivity index (χ1) is 12.5. The van der Waals surface area contributed by atoms with Crippen LogP contribution in [0.25, 0.3) is 10.9 Å². The Hall–Kier alpha value is -3.09. The highest BCUT2D eigenvalue weighted by atomic mass is 16.2. The van der Waals surface area contributed by atoms with Crippen LogP contribution in [0.5, 0.6) is 0 Å². The first-order valence-corrected chi connectivity index (χ1v) is 8.63. The fourth-order valence-electron chi connectivity index (χ4n) is 3.70.